The summed E-state index contributed by atoms with van der Waals surface area (Å²) in [5, 5.41) is 3.24. The summed E-state index contributed by atoms with van der Waals surface area (Å²) >= 11 is 0. The predicted molar refractivity (Wildman–Crippen MR) is 112 cm³/mol. The van der Waals surface area contributed by atoms with Gasteiger partial charge < -0.3 is 15.0 Å². The highest BCUT2D eigenvalue weighted by molar-refractivity contribution is 5.98. The van der Waals surface area contributed by atoms with Crippen molar-refractivity contribution in [2.45, 2.75) is 45.4 Å². The Morgan fingerprint density at radius 1 is 1.07 bits per heavy atom. The van der Waals surface area contributed by atoms with Crippen LogP contribution in [0, 0.1) is 0 Å². The van der Waals surface area contributed by atoms with E-state index in [2.05, 4.69) is 18.3 Å². The quantitative estimate of drug-likeness (QED) is 0.599. The topological polar surface area (TPSA) is 41.6 Å². The summed E-state index contributed by atoms with van der Waals surface area (Å²) in [4.78, 5) is 14.5. The molecule has 0 radical (unpaired) electrons. The Bertz CT molecular complexity index is 745. The molecule has 27 heavy (non-hydrogen) atoms. The number of anilines is 2. The van der Waals surface area contributed by atoms with Crippen LogP contribution in [0.1, 0.15) is 44.6 Å². The van der Waals surface area contributed by atoms with Crippen LogP contribution in [0.3, 0.4) is 0 Å². The van der Waals surface area contributed by atoms with Gasteiger partial charge in [-0.15, -0.1) is 0 Å². The van der Waals surface area contributed by atoms with Gasteiger partial charge in [0.25, 0.3) is 0 Å². The molecule has 0 spiro atoms. The molecular weight excluding hydrogens is 336 g/mol. The standard InChI is InChI=1S/C23H30N2O2/c1-2-3-4-5-8-16-27-21-12-9-11-20(17-21)24-18-23(26)25-15-14-19-10-6-7-13-22(19)25/h6-7,9-13,17,24H,2-5,8,14-16,18H2,1H3. The van der Waals surface area contributed by atoms with Crippen molar-refractivity contribution in [2.24, 2.45) is 0 Å². The Kier molecular flexibility index (Phi) is 7.14. The summed E-state index contributed by atoms with van der Waals surface area (Å²) in [6.45, 7) is 4.02. The smallest absolute Gasteiger partial charge is 0.246 e. The summed E-state index contributed by atoms with van der Waals surface area (Å²) in [5.74, 6) is 0.955. The Morgan fingerprint density at radius 3 is 2.81 bits per heavy atom. The molecule has 0 aromatic heterocycles. The third kappa shape index (κ3) is 5.49. The number of fused-ring (bicyclic) bond motifs is 1. The SMILES string of the molecule is CCCCCCCOc1cccc(NCC(=O)N2CCc3ccccc32)c1. The number of benzene rings is 2. The van der Waals surface area contributed by atoms with E-state index in [1.54, 1.807) is 0 Å². The number of nitrogens with one attached hydrogen (secondary N) is 1. The Balaban J connectivity index is 1.45. The minimum absolute atomic E-state index is 0.0993. The lowest BCUT2D eigenvalue weighted by molar-refractivity contribution is -0.116. The van der Waals surface area contributed by atoms with E-state index in [1.165, 1.54) is 31.2 Å². The van der Waals surface area contributed by atoms with Gasteiger partial charge >= 0.3 is 0 Å². The van der Waals surface area contributed by atoms with Gasteiger partial charge in [0.05, 0.1) is 13.2 Å². The van der Waals surface area contributed by atoms with E-state index in [1.807, 2.05) is 47.4 Å². The minimum atomic E-state index is 0.0993. The average Bonchev–Trinajstić information content (AvgIpc) is 3.13. The maximum atomic E-state index is 12.6. The molecule has 0 saturated carbocycles. The fourth-order valence-electron chi connectivity index (χ4n) is 3.46. The van der Waals surface area contributed by atoms with E-state index in [9.17, 15) is 4.79 Å². The molecule has 1 amide bonds. The molecule has 0 atom stereocenters. The number of unbranched alkanes of at least 4 members (excludes halogenated alkanes) is 4. The second kappa shape index (κ2) is 10.0. The molecular formula is C23H30N2O2. The maximum Gasteiger partial charge on any atom is 0.246 e. The van der Waals surface area contributed by atoms with E-state index >= 15 is 0 Å². The summed E-state index contributed by atoms with van der Waals surface area (Å²) in [6.07, 6.45) is 7.08. The second-order valence-corrected chi connectivity index (χ2v) is 7.07. The van der Waals surface area contributed by atoms with E-state index in [4.69, 9.17) is 4.74 Å². The number of nitrogens with zero attached hydrogens (tertiary/aromatic N) is 1. The van der Waals surface area contributed by atoms with Gasteiger partial charge in [-0.1, -0.05) is 56.9 Å². The molecule has 0 bridgehead atoms. The van der Waals surface area contributed by atoms with Gasteiger partial charge in [0.2, 0.25) is 5.91 Å². The van der Waals surface area contributed by atoms with Crippen molar-refractivity contribution in [3.63, 3.8) is 0 Å². The summed E-state index contributed by atoms with van der Waals surface area (Å²) in [6, 6.07) is 16.0. The first-order chi connectivity index (χ1) is 13.3. The highest BCUT2D eigenvalue weighted by atomic mass is 16.5. The van der Waals surface area contributed by atoms with E-state index < -0.39 is 0 Å². The number of hydrogen-bond acceptors (Lipinski definition) is 3. The lowest BCUT2D eigenvalue weighted by atomic mass is 10.2. The predicted octanol–water partition coefficient (Wildman–Crippen LogP) is 5.04. The van der Waals surface area contributed by atoms with Crippen molar-refractivity contribution in [3.8, 4) is 5.75 Å². The molecule has 2 aromatic rings. The summed E-state index contributed by atoms with van der Waals surface area (Å²) < 4.78 is 5.84. The monoisotopic (exact) mass is 366 g/mol. The molecule has 0 fully saturated rings. The van der Waals surface area contributed by atoms with Gasteiger partial charge in [-0.3, -0.25) is 4.79 Å². The van der Waals surface area contributed by atoms with Gasteiger partial charge in [0, 0.05) is 24.0 Å². The Hall–Kier alpha value is -2.49. The third-order valence-corrected chi connectivity index (χ3v) is 4.98. The van der Waals surface area contributed by atoms with E-state index in [0.29, 0.717) is 0 Å². The second-order valence-electron chi connectivity index (χ2n) is 7.07. The molecule has 1 heterocycles. The first-order valence-electron chi connectivity index (χ1n) is 10.1. The Labute approximate surface area is 162 Å². The van der Waals surface area contributed by atoms with Crippen LogP contribution in [0.4, 0.5) is 11.4 Å². The van der Waals surface area contributed by atoms with Gasteiger partial charge in [-0.05, 0) is 36.6 Å². The van der Waals surface area contributed by atoms with Gasteiger partial charge in [0.15, 0.2) is 0 Å². The van der Waals surface area contributed by atoms with Crippen molar-refractivity contribution < 1.29 is 9.53 Å². The van der Waals surface area contributed by atoms with Crippen LogP contribution in [0.15, 0.2) is 48.5 Å². The molecule has 1 N–H and O–H groups in total. The number of rotatable bonds is 10. The van der Waals surface area contributed by atoms with Crippen LogP contribution in [0.2, 0.25) is 0 Å². The van der Waals surface area contributed by atoms with Crippen molar-refractivity contribution in [1.29, 1.82) is 0 Å². The van der Waals surface area contributed by atoms with Crippen LogP contribution >= 0.6 is 0 Å². The summed E-state index contributed by atoms with van der Waals surface area (Å²) in [5.41, 5.74) is 3.21. The van der Waals surface area contributed by atoms with Gasteiger partial charge in [0.1, 0.15) is 5.75 Å². The molecule has 4 heteroatoms. The number of ether oxygens (including phenoxy) is 1. The molecule has 144 valence electrons. The normalized spacial score (nSPS) is 12.7. The lowest BCUT2D eigenvalue weighted by Crippen LogP contribution is -2.34. The highest BCUT2D eigenvalue weighted by Crippen LogP contribution is 2.27. The molecule has 2 aromatic carbocycles. The molecule has 0 aliphatic carbocycles. The molecule has 1 aliphatic heterocycles. The molecule has 4 nitrogen and oxygen atoms in total. The van der Waals surface area contributed by atoms with Crippen molar-refractivity contribution in [2.75, 3.05) is 29.9 Å². The molecule has 3 rings (SSSR count). The lowest BCUT2D eigenvalue weighted by Gasteiger charge is -2.18. The number of amides is 1. The largest absolute Gasteiger partial charge is 0.494 e. The zero-order valence-corrected chi connectivity index (χ0v) is 16.2. The molecule has 0 unspecified atom stereocenters. The number of hydrogen-bond donors (Lipinski definition) is 1. The van der Waals surface area contributed by atoms with Crippen LogP contribution in [0.5, 0.6) is 5.75 Å². The fourth-order valence-corrected chi connectivity index (χ4v) is 3.46. The maximum absolute atomic E-state index is 12.6. The number of para-hydroxylation sites is 1. The van der Waals surface area contributed by atoms with Gasteiger partial charge in [-0.25, -0.2) is 0 Å². The third-order valence-electron chi connectivity index (χ3n) is 4.98. The Morgan fingerprint density at radius 2 is 1.93 bits per heavy atom. The van der Waals surface area contributed by atoms with Crippen LogP contribution < -0.4 is 15.0 Å². The fraction of sp³-hybridized carbons (Fsp3) is 0.435. The van der Waals surface area contributed by atoms with Crippen molar-refractivity contribution in [3.05, 3.63) is 54.1 Å². The van der Waals surface area contributed by atoms with Crippen molar-refractivity contribution >= 4 is 17.3 Å². The molecule has 1 aliphatic rings. The van der Waals surface area contributed by atoms with Gasteiger partial charge in [-0.2, -0.15) is 0 Å². The first kappa shape index (κ1) is 19.3. The number of carbonyl (C=O) groups excluding carboxylic acids is 1. The zero-order chi connectivity index (χ0) is 18.9. The van der Waals surface area contributed by atoms with Crippen molar-refractivity contribution in [1.82, 2.24) is 0 Å². The average molecular weight is 367 g/mol. The summed E-state index contributed by atoms with van der Waals surface area (Å²) in [7, 11) is 0. The van der Waals surface area contributed by atoms with E-state index in [-0.39, 0.29) is 12.5 Å². The number of carbonyl (C=O) groups is 1. The molecule has 0 saturated heterocycles. The minimum Gasteiger partial charge on any atom is -0.494 e. The zero-order valence-electron chi connectivity index (χ0n) is 16.2. The van der Waals surface area contributed by atoms with Crippen LogP contribution in [0.25, 0.3) is 0 Å². The van der Waals surface area contributed by atoms with Crippen LogP contribution in [-0.4, -0.2) is 25.6 Å². The van der Waals surface area contributed by atoms with E-state index in [0.717, 1.165) is 43.1 Å². The van der Waals surface area contributed by atoms with Crippen LogP contribution in [-0.2, 0) is 11.2 Å². The first-order valence-corrected chi connectivity index (χ1v) is 10.1. The highest BCUT2D eigenvalue weighted by Gasteiger charge is 2.23.